The van der Waals surface area contributed by atoms with Crippen LogP contribution in [0.2, 0.25) is 0 Å². The summed E-state index contributed by atoms with van der Waals surface area (Å²) in [6, 6.07) is 9.90. The molecule has 0 N–H and O–H groups in total. The smallest absolute Gasteiger partial charge is 0.211 e. The molecule has 1 fully saturated rings. The quantitative estimate of drug-likeness (QED) is 0.178. The van der Waals surface area contributed by atoms with Gasteiger partial charge in [-0.05, 0) is 54.2 Å². The Bertz CT molecular complexity index is 1260. The maximum atomic E-state index is 14.4. The summed E-state index contributed by atoms with van der Waals surface area (Å²) in [5, 5.41) is -5.56. The van der Waals surface area contributed by atoms with Crippen molar-refractivity contribution >= 4 is 31.2 Å². The highest BCUT2D eigenvalue weighted by atomic mass is 32.3. The van der Waals surface area contributed by atoms with Crippen molar-refractivity contribution < 1.29 is 51.6 Å². The molecule has 2 aromatic rings. The summed E-state index contributed by atoms with van der Waals surface area (Å²) in [7, 11) is -10.2. The number of benzene rings is 2. The zero-order chi connectivity index (χ0) is 29.3. The highest BCUT2D eigenvalue weighted by Crippen LogP contribution is 2.65. The summed E-state index contributed by atoms with van der Waals surface area (Å²) in [6.07, 6.45) is -0.371. The van der Waals surface area contributed by atoms with Gasteiger partial charge < -0.3 is 0 Å². The molecule has 0 saturated carbocycles. The monoisotopic (exact) mass is 612 g/mol. The van der Waals surface area contributed by atoms with Gasteiger partial charge in [0.1, 0.15) is 0 Å². The van der Waals surface area contributed by atoms with Gasteiger partial charge in [0.15, 0.2) is 0 Å². The number of alkyl halides is 9. The Hall–Kier alpha value is -1.67. The van der Waals surface area contributed by atoms with Crippen molar-refractivity contribution in [3.05, 3.63) is 42.0 Å². The lowest BCUT2D eigenvalue weighted by molar-refractivity contribution is -0.382. The number of rotatable bonds is 12. The van der Waals surface area contributed by atoms with Crippen molar-refractivity contribution in [3.63, 3.8) is 0 Å². The fourth-order valence-corrected chi connectivity index (χ4v) is 10.1. The van der Waals surface area contributed by atoms with Crippen LogP contribution in [0.15, 0.2) is 41.3 Å². The van der Waals surface area contributed by atoms with Gasteiger partial charge in [0.25, 0.3) is 0 Å². The second-order valence-corrected chi connectivity index (χ2v) is 14.5. The Morgan fingerprint density at radius 3 is 1.92 bits per heavy atom. The maximum absolute atomic E-state index is 14.4. The van der Waals surface area contributed by atoms with Crippen LogP contribution in [0.4, 0.5) is 39.5 Å². The van der Waals surface area contributed by atoms with Crippen LogP contribution in [-0.2, 0) is 20.2 Å². The van der Waals surface area contributed by atoms with E-state index < -0.39 is 43.7 Å². The Kier molecular flexibility index (Phi) is 9.23. The number of hydrogen-bond acceptors (Lipinski definition) is 3. The number of fused-ring (bicyclic) bond motifs is 1. The molecular formula is C25H29F9O3S2. The van der Waals surface area contributed by atoms with E-state index in [1.807, 2.05) is 12.1 Å². The van der Waals surface area contributed by atoms with E-state index in [4.69, 9.17) is 0 Å². The van der Waals surface area contributed by atoms with Gasteiger partial charge in [-0.25, -0.2) is 3.63 Å². The molecule has 0 radical (unpaired) electrons. The molecule has 3 nitrogen and oxygen atoms in total. The Balaban J connectivity index is 1.91. The van der Waals surface area contributed by atoms with Crippen molar-refractivity contribution in [1.82, 2.24) is 0 Å². The average molecular weight is 613 g/mol. The Labute approximate surface area is 222 Å². The third-order valence-electron chi connectivity index (χ3n) is 6.72. The van der Waals surface area contributed by atoms with Crippen LogP contribution in [-0.4, -0.2) is 43.2 Å². The molecule has 2 aromatic carbocycles. The molecule has 1 aliphatic rings. The summed E-state index contributed by atoms with van der Waals surface area (Å²) >= 11 is 0. The van der Waals surface area contributed by atoms with Crippen LogP contribution in [0.1, 0.15) is 57.4 Å². The topological polar surface area (TPSA) is 43.4 Å². The standard InChI is InChI=1S/C25H29F9O3S2/c1-2-3-4-5-6-9-18-10-11-20-17-21(13-12-19(20)16-18)38(14-7-8-15-38)37-39(35,36)25(33,34)23(28,29)22(26,27)24(30,31)32/h10-13,16-17H,2-9,14-15H2,1H3. The Morgan fingerprint density at radius 1 is 0.769 bits per heavy atom. The zero-order valence-corrected chi connectivity index (χ0v) is 22.6. The SMILES string of the molecule is CCCCCCCc1ccc2cc(S3(OS(=O)(=O)C(F)(F)C(F)(F)C(F)(F)C(F)(F)F)CCCC3)ccc2c1. The molecule has 0 spiro atoms. The van der Waals surface area contributed by atoms with Gasteiger partial charge in [0.2, 0.25) is 0 Å². The number of unbranched alkanes of at least 4 members (excludes halogenated alkanes) is 4. The predicted octanol–water partition coefficient (Wildman–Crippen LogP) is 9.00. The zero-order valence-electron chi connectivity index (χ0n) is 21.0. The van der Waals surface area contributed by atoms with Crippen molar-refractivity contribution in [3.8, 4) is 0 Å². The van der Waals surface area contributed by atoms with E-state index in [0.717, 1.165) is 49.5 Å². The third kappa shape index (κ3) is 6.02. The fraction of sp³-hybridized carbons (Fsp3) is 0.600. The van der Waals surface area contributed by atoms with Gasteiger partial charge >= 0.3 is 33.4 Å². The summed E-state index contributed by atoms with van der Waals surface area (Å²) in [4.78, 5) is 0.0880. The molecule has 1 heterocycles. The van der Waals surface area contributed by atoms with Crippen LogP contribution in [0, 0.1) is 0 Å². The molecule has 222 valence electrons. The average Bonchev–Trinajstić information content (AvgIpc) is 3.31. The molecule has 1 saturated heterocycles. The lowest BCUT2D eigenvalue weighted by Gasteiger charge is -2.38. The van der Waals surface area contributed by atoms with Gasteiger partial charge in [-0.15, -0.1) is 0 Å². The first-order valence-corrected chi connectivity index (χ1v) is 15.7. The Morgan fingerprint density at radius 2 is 1.33 bits per heavy atom. The van der Waals surface area contributed by atoms with Gasteiger partial charge in [-0.2, -0.15) is 47.9 Å². The minimum absolute atomic E-state index is 0.0880. The number of halogens is 9. The molecule has 1 aliphatic heterocycles. The summed E-state index contributed by atoms with van der Waals surface area (Å²) in [5.74, 6) is -15.0. The van der Waals surface area contributed by atoms with Crippen LogP contribution in [0.25, 0.3) is 10.8 Å². The summed E-state index contributed by atoms with van der Waals surface area (Å²) in [5.41, 5.74) is 1.04. The predicted molar refractivity (Wildman–Crippen MR) is 132 cm³/mol. The molecule has 0 aliphatic carbocycles. The molecule has 0 aromatic heterocycles. The molecule has 0 bridgehead atoms. The van der Waals surface area contributed by atoms with Gasteiger partial charge in [-0.3, -0.25) is 0 Å². The molecule has 0 atom stereocenters. The molecule has 0 unspecified atom stereocenters. The highest BCUT2D eigenvalue weighted by Gasteiger charge is 2.86. The van der Waals surface area contributed by atoms with E-state index in [1.54, 1.807) is 12.1 Å². The first kappa shape index (κ1) is 31.9. The minimum atomic E-state index is -7.34. The molecule has 3 rings (SSSR count). The van der Waals surface area contributed by atoms with Gasteiger partial charge in [0.05, 0.1) is 0 Å². The third-order valence-corrected chi connectivity index (χ3v) is 12.4. The summed E-state index contributed by atoms with van der Waals surface area (Å²) in [6.45, 7) is 2.11. The van der Waals surface area contributed by atoms with Crippen LogP contribution in [0.3, 0.4) is 0 Å². The van der Waals surface area contributed by atoms with Gasteiger partial charge in [-0.1, -0.05) is 67.2 Å². The fourth-order valence-electron chi connectivity index (χ4n) is 4.44. The molecular weight excluding hydrogens is 583 g/mol. The largest absolute Gasteiger partial charge is 0.460 e. The molecule has 39 heavy (non-hydrogen) atoms. The first-order chi connectivity index (χ1) is 17.9. The van der Waals surface area contributed by atoms with Crippen LogP contribution < -0.4 is 0 Å². The number of hydrogen-bond donors (Lipinski definition) is 0. The first-order valence-electron chi connectivity index (χ1n) is 12.4. The van der Waals surface area contributed by atoms with E-state index in [-0.39, 0.29) is 29.2 Å². The van der Waals surface area contributed by atoms with Gasteiger partial charge in [0, 0.05) is 16.4 Å². The highest BCUT2D eigenvalue weighted by molar-refractivity contribution is 8.33. The lowest BCUT2D eigenvalue weighted by atomic mass is 10.0. The van der Waals surface area contributed by atoms with Crippen molar-refractivity contribution in [1.29, 1.82) is 0 Å². The normalized spacial score (nSPS) is 18.0. The molecule has 14 heteroatoms. The number of aryl methyl sites for hydroxylation is 1. The second-order valence-electron chi connectivity index (χ2n) is 9.62. The van der Waals surface area contributed by atoms with E-state index >= 15 is 0 Å². The minimum Gasteiger partial charge on any atom is -0.211 e. The van der Waals surface area contributed by atoms with E-state index in [9.17, 15) is 47.9 Å². The van der Waals surface area contributed by atoms with E-state index in [0.29, 0.717) is 5.39 Å². The van der Waals surface area contributed by atoms with E-state index in [1.165, 1.54) is 12.1 Å². The van der Waals surface area contributed by atoms with E-state index in [2.05, 4.69) is 10.6 Å². The van der Waals surface area contributed by atoms with Crippen LogP contribution >= 0.6 is 10.3 Å². The maximum Gasteiger partial charge on any atom is 0.460 e. The molecule has 0 amide bonds. The van der Waals surface area contributed by atoms with Crippen molar-refractivity contribution in [2.45, 2.75) is 86.5 Å². The lowest BCUT2D eigenvalue weighted by Crippen LogP contribution is -2.63. The van der Waals surface area contributed by atoms with Crippen LogP contribution in [0.5, 0.6) is 0 Å². The summed E-state index contributed by atoms with van der Waals surface area (Å²) < 4.78 is 150. The van der Waals surface area contributed by atoms with Crippen molar-refractivity contribution in [2.75, 3.05) is 11.5 Å². The van der Waals surface area contributed by atoms with Crippen molar-refractivity contribution in [2.24, 2.45) is 0 Å². The second kappa shape index (κ2) is 11.3.